The molecular weight excluding hydrogens is 266 g/mol. The number of nitrogen functional groups attached to an aromatic ring is 1. The highest BCUT2D eigenvalue weighted by Crippen LogP contribution is 2.14. The monoisotopic (exact) mass is 285 g/mol. The zero-order chi connectivity index (χ0) is 15.1. The number of nitrogens with two attached hydrogens (primary N) is 1. The maximum Gasteiger partial charge on any atom is 0.323 e. The summed E-state index contributed by atoms with van der Waals surface area (Å²) < 4.78 is 0. The number of rotatable bonds is 5. The van der Waals surface area contributed by atoms with Crippen molar-refractivity contribution in [2.24, 2.45) is 0 Å². The van der Waals surface area contributed by atoms with Crippen molar-refractivity contribution in [2.45, 2.75) is 12.8 Å². The van der Waals surface area contributed by atoms with Gasteiger partial charge < -0.3 is 21.5 Å². The predicted octanol–water partition coefficient (Wildman–Crippen LogP) is 2.84. The fourth-order valence-corrected chi connectivity index (χ4v) is 2.00. The minimum atomic E-state index is -0.320. The summed E-state index contributed by atoms with van der Waals surface area (Å²) in [5.74, 6) is 0. The number of benzene rings is 2. The van der Waals surface area contributed by atoms with Gasteiger partial charge in [0, 0.05) is 23.7 Å². The predicted molar refractivity (Wildman–Crippen MR) is 85.3 cm³/mol. The van der Waals surface area contributed by atoms with Gasteiger partial charge in [-0.2, -0.15) is 0 Å². The van der Waals surface area contributed by atoms with Crippen LogP contribution in [0.25, 0.3) is 0 Å². The second kappa shape index (κ2) is 7.31. The quantitative estimate of drug-likeness (QED) is 0.637. The molecule has 0 atom stereocenters. The van der Waals surface area contributed by atoms with E-state index < -0.39 is 0 Å². The number of hydrogen-bond acceptors (Lipinski definition) is 3. The van der Waals surface area contributed by atoms with Gasteiger partial charge in [0.1, 0.15) is 0 Å². The van der Waals surface area contributed by atoms with Crippen LogP contribution in [0.2, 0.25) is 0 Å². The molecule has 0 bridgehead atoms. The molecule has 5 nitrogen and oxygen atoms in total. The Bertz CT molecular complexity index is 614. The third kappa shape index (κ3) is 4.81. The van der Waals surface area contributed by atoms with Gasteiger partial charge in [0.25, 0.3) is 0 Å². The highest BCUT2D eigenvalue weighted by Gasteiger charge is 2.03. The van der Waals surface area contributed by atoms with Crippen LogP contribution in [0, 0.1) is 0 Å². The van der Waals surface area contributed by atoms with Crippen LogP contribution in [-0.2, 0) is 6.42 Å². The zero-order valence-electron chi connectivity index (χ0n) is 11.7. The minimum absolute atomic E-state index is 0.160. The molecule has 5 N–H and O–H groups in total. The van der Waals surface area contributed by atoms with Crippen molar-refractivity contribution in [2.75, 3.05) is 23.0 Å². The first kappa shape index (κ1) is 14.9. The van der Waals surface area contributed by atoms with Gasteiger partial charge in [-0.15, -0.1) is 0 Å². The van der Waals surface area contributed by atoms with Crippen molar-refractivity contribution in [3.8, 4) is 0 Å². The Morgan fingerprint density at radius 1 is 1.05 bits per heavy atom. The number of urea groups is 1. The number of amides is 2. The van der Waals surface area contributed by atoms with Gasteiger partial charge in [-0.25, -0.2) is 4.79 Å². The lowest BCUT2D eigenvalue weighted by molar-refractivity contribution is 0.262. The number of aliphatic hydroxyl groups excluding tert-OH is 1. The number of aliphatic hydroxyl groups is 1. The van der Waals surface area contributed by atoms with E-state index in [4.69, 9.17) is 10.8 Å². The van der Waals surface area contributed by atoms with Gasteiger partial charge in [0.05, 0.1) is 0 Å². The number of anilines is 3. The van der Waals surface area contributed by atoms with Crippen LogP contribution in [0.4, 0.5) is 21.9 Å². The maximum absolute atomic E-state index is 11.9. The van der Waals surface area contributed by atoms with Gasteiger partial charge in [-0.1, -0.05) is 18.2 Å². The lowest BCUT2D eigenvalue weighted by Crippen LogP contribution is -2.19. The molecule has 0 saturated carbocycles. The van der Waals surface area contributed by atoms with Crippen molar-refractivity contribution >= 4 is 23.1 Å². The van der Waals surface area contributed by atoms with Crippen LogP contribution in [0.1, 0.15) is 12.0 Å². The molecule has 2 amide bonds. The molecule has 0 aliphatic heterocycles. The molecule has 2 rings (SSSR count). The van der Waals surface area contributed by atoms with Crippen LogP contribution >= 0.6 is 0 Å². The van der Waals surface area contributed by atoms with Crippen molar-refractivity contribution < 1.29 is 9.90 Å². The molecule has 0 aromatic heterocycles. The lowest BCUT2D eigenvalue weighted by atomic mass is 10.1. The number of carbonyl (C=O) groups is 1. The van der Waals surface area contributed by atoms with Gasteiger partial charge in [0.15, 0.2) is 0 Å². The molecule has 2 aromatic carbocycles. The summed E-state index contributed by atoms with van der Waals surface area (Å²) in [5, 5.41) is 14.3. The summed E-state index contributed by atoms with van der Waals surface area (Å²) in [6.07, 6.45) is 1.49. The molecule has 0 heterocycles. The molecule has 0 aliphatic rings. The second-order valence-electron chi connectivity index (χ2n) is 4.73. The van der Waals surface area contributed by atoms with Crippen LogP contribution in [0.5, 0.6) is 0 Å². The SMILES string of the molecule is Nc1cccc(NC(=O)Nc2cccc(CCCO)c2)c1. The largest absolute Gasteiger partial charge is 0.399 e. The third-order valence-corrected chi connectivity index (χ3v) is 2.95. The number of aryl methyl sites for hydroxylation is 1. The smallest absolute Gasteiger partial charge is 0.323 e. The highest BCUT2D eigenvalue weighted by molar-refractivity contribution is 6.00. The van der Waals surface area contributed by atoms with Gasteiger partial charge >= 0.3 is 6.03 Å². The number of carbonyl (C=O) groups excluding carboxylic acids is 1. The summed E-state index contributed by atoms with van der Waals surface area (Å²) in [7, 11) is 0. The molecule has 0 unspecified atom stereocenters. The van der Waals surface area contributed by atoms with Gasteiger partial charge in [-0.05, 0) is 48.7 Å². The third-order valence-electron chi connectivity index (χ3n) is 2.95. The molecule has 0 spiro atoms. The van der Waals surface area contributed by atoms with E-state index in [1.807, 2.05) is 24.3 Å². The first-order valence-electron chi connectivity index (χ1n) is 6.81. The Morgan fingerprint density at radius 2 is 1.71 bits per heavy atom. The van der Waals surface area contributed by atoms with Crippen LogP contribution in [0.15, 0.2) is 48.5 Å². The average Bonchev–Trinajstić information content (AvgIpc) is 2.45. The highest BCUT2D eigenvalue weighted by atomic mass is 16.2. The van der Waals surface area contributed by atoms with E-state index in [0.717, 1.165) is 12.0 Å². The minimum Gasteiger partial charge on any atom is -0.399 e. The van der Waals surface area contributed by atoms with Crippen LogP contribution in [-0.4, -0.2) is 17.7 Å². The molecule has 0 saturated heterocycles. The van der Waals surface area contributed by atoms with Crippen LogP contribution in [0.3, 0.4) is 0 Å². The van der Waals surface area contributed by atoms with Gasteiger partial charge in [0.2, 0.25) is 0 Å². The molecule has 2 aromatic rings. The molecular formula is C16H19N3O2. The first-order chi connectivity index (χ1) is 10.2. The van der Waals surface area contributed by atoms with E-state index in [9.17, 15) is 4.79 Å². The average molecular weight is 285 g/mol. The Labute approximate surface area is 123 Å². The van der Waals surface area contributed by atoms with Crippen LogP contribution < -0.4 is 16.4 Å². The van der Waals surface area contributed by atoms with E-state index >= 15 is 0 Å². The topological polar surface area (TPSA) is 87.4 Å². The lowest BCUT2D eigenvalue weighted by Gasteiger charge is -2.09. The van der Waals surface area contributed by atoms with Crippen molar-refractivity contribution in [1.82, 2.24) is 0 Å². The second-order valence-corrected chi connectivity index (χ2v) is 4.73. The maximum atomic E-state index is 11.9. The molecule has 0 radical (unpaired) electrons. The van der Waals surface area contributed by atoms with E-state index in [2.05, 4.69) is 10.6 Å². The van der Waals surface area contributed by atoms with Crippen molar-refractivity contribution in [3.63, 3.8) is 0 Å². The summed E-state index contributed by atoms with van der Waals surface area (Å²) >= 11 is 0. The Kier molecular flexibility index (Phi) is 5.17. The molecule has 110 valence electrons. The van der Waals surface area contributed by atoms with Crippen molar-refractivity contribution in [3.05, 3.63) is 54.1 Å². The molecule has 5 heteroatoms. The Morgan fingerprint density at radius 3 is 2.38 bits per heavy atom. The summed E-state index contributed by atoms with van der Waals surface area (Å²) in [6, 6.07) is 14.2. The summed E-state index contributed by atoms with van der Waals surface area (Å²) in [6.45, 7) is 0.160. The summed E-state index contributed by atoms with van der Waals surface area (Å²) in [4.78, 5) is 11.9. The summed E-state index contributed by atoms with van der Waals surface area (Å²) in [5.41, 5.74) is 8.69. The molecule has 21 heavy (non-hydrogen) atoms. The first-order valence-corrected chi connectivity index (χ1v) is 6.81. The van der Waals surface area contributed by atoms with Crippen molar-refractivity contribution in [1.29, 1.82) is 0 Å². The number of hydrogen-bond donors (Lipinski definition) is 4. The van der Waals surface area contributed by atoms with Gasteiger partial charge in [-0.3, -0.25) is 0 Å². The Hall–Kier alpha value is -2.53. The fraction of sp³-hybridized carbons (Fsp3) is 0.188. The number of nitrogens with one attached hydrogen (secondary N) is 2. The van der Waals surface area contributed by atoms with E-state index in [1.165, 1.54) is 0 Å². The standard InChI is InChI=1S/C16H19N3O2/c17-13-6-2-8-15(11-13)19-16(21)18-14-7-1-4-12(10-14)5-3-9-20/h1-2,4,6-8,10-11,20H,3,5,9,17H2,(H2,18,19,21). The Balaban J connectivity index is 1.96. The normalized spacial score (nSPS) is 10.1. The van der Waals surface area contributed by atoms with E-state index in [-0.39, 0.29) is 12.6 Å². The zero-order valence-corrected chi connectivity index (χ0v) is 11.7. The fourth-order valence-electron chi connectivity index (χ4n) is 2.00. The molecule has 0 fully saturated rings. The van der Waals surface area contributed by atoms with E-state index in [1.54, 1.807) is 24.3 Å². The molecule has 0 aliphatic carbocycles. The van der Waals surface area contributed by atoms with E-state index in [0.29, 0.717) is 23.5 Å².